The highest BCUT2D eigenvalue weighted by Crippen LogP contribution is 2.31. The minimum Gasteiger partial charge on any atom is -0.416 e. The van der Waals surface area contributed by atoms with E-state index >= 15 is 0 Å². The van der Waals surface area contributed by atoms with Crippen LogP contribution in [0.1, 0.15) is 0 Å². The van der Waals surface area contributed by atoms with Crippen molar-refractivity contribution in [3.05, 3.63) is 48.4 Å². The van der Waals surface area contributed by atoms with Gasteiger partial charge >= 0.3 is 12.1 Å². The van der Waals surface area contributed by atoms with E-state index in [1.165, 1.54) is 30.3 Å². The van der Waals surface area contributed by atoms with Crippen LogP contribution in [0.2, 0.25) is 0 Å². The molecule has 0 spiro atoms. The molecular formula is C15H7F4N3O3. The fourth-order valence-electron chi connectivity index (χ4n) is 1.86. The maximum Gasteiger partial charge on any atom is 0.491 e. The Labute approximate surface area is 137 Å². The Balaban J connectivity index is 1.96. The average Bonchev–Trinajstić information content (AvgIpc) is 3.04. The number of benzene rings is 1. The number of rotatable bonds is 3. The van der Waals surface area contributed by atoms with Crippen LogP contribution < -0.4 is 4.74 Å². The first-order chi connectivity index (χ1) is 11.9. The van der Waals surface area contributed by atoms with Crippen molar-refractivity contribution in [2.45, 2.75) is 6.18 Å². The Bertz CT molecular complexity index is 924. The zero-order valence-corrected chi connectivity index (χ0v) is 12.1. The van der Waals surface area contributed by atoms with E-state index < -0.39 is 23.8 Å². The fourth-order valence-corrected chi connectivity index (χ4v) is 1.86. The Kier molecular flexibility index (Phi) is 4.17. The normalized spacial score (nSPS) is 11.4. The molecule has 3 aromatic rings. The number of hydrogen-bond acceptors (Lipinski definition) is 6. The fraction of sp³-hybridized carbons (Fsp3) is 0.0667. The predicted molar refractivity (Wildman–Crippen MR) is 74.6 cm³/mol. The summed E-state index contributed by atoms with van der Waals surface area (Å²) >= 11 is 0. The lowest BCUT2D eigenvalue weighted by atomic mass is 10.2. The van der Waals surface area contributed by atoms with Gasteiger partial charge < -0.3 is 9.15 Å². The summed E-state index contributed by atoms with van der Waals surface area (Å²) in [5.41, 5.74) is -0.130. The number of carbonyl (C=O) groups excluding carboxylic acids is 1. The predicted octanol–water partition coefficient (Wildman–Crippen LogP) is 3.41. The highest BCUT2D eigenvalue weighted by atomic mass is 19.4. The van der Waals surface area contributed by atoms with Crippen LogP contribution in [0.5, 0.6) is 5.88 Å². The van der Waals surface area contributed by atoms with Crippen LogP contribution in [-0.4, -0.2) is 27.3 Å². The third-order valence-electron chi connectivity index (χ3n) is 2.95. The summed E-state index contributed by atoms with van der Waals surface area (Å²) in [6.07, 6.45) is -4.07. The van der Waals surface area contributed by atoms with Gasteiger partial charge in [-0.1, -0.05) is 12.1 Å². The number of hydrogen-bond donors (Lipinski definition) is 0. The van der Waals surface area contributed by atoms with Gasteiger partial charge in [0.15, 0.2) is 0 Å². The van der Waals surface area contributed by atoms with Crippen LogP contribution in [0.25, 0.3) is 22.9 Å². The summed E-state index contributed by atoms with van der Waals surface area (Å²) in [6.45, 7) is 0. The standard InChI is InChI=1S/C15H7F4N3O3/c16-10-6-2-1-4-8(10)12-21-22-13(24-12)9-5-3-7-20-11(9)25-14(23)15(17,18)19/h1-7H. The second-order valence-electron chi connectivity index (χ2n) is 4.64. The zero-order valence-electron chi connectivity index (χ0n) is 12.1. The summed E-state index contributed by atoms with van der Waals surface area (Å²) in [6, 6.07) is 8.22. The molecule has 6 nitrogen and oxygen atoms in total. The van der Waals surface area contributed by atoms with E-state index in [1.54, 1.807) is 6.07 Å². The van der Waals surface area contributed by atoms with Crippen molar-refractivity contribution in [1.29, 1.82) is 0 Å². The summed E-state index contributed by atoms with van der Waals surface area (Å²) in [5.74, 6) is -4.19. The SMILES string of the molecule is O=C(Oc1ncccc1-c1nnc(-c2ccccc2F)o1)C(F)(F)F. The molecule has 0 aliphatic carbocycles. The maximum atomic E-state index is 13.7. The van der Waals surface area contributed by atoms with Crippen molar-refractivity contribution < 1.29 is 31.5 Å². The van der Waals surface area contributed by atoms with Gasteiger partial charge in [-0.25, -0.2) is 14.2 Å². The van der Waals surface area contributed by atoms with Crippen molar-refractivity contribution >= 4 is 5.97 Å². The number of ether oxygens (including phenoxy) is 1. The lowest BCUT2D eigenvalue weighted by Crippen LogP contribution is -2.28. The van der Waals surface area contributed by atoms with Gasteiger partial charge in [0, 0.05) is 6.20 Å². The summed E-state index contributed by atoms with van der Waals surface area (Å²) in [4.78, 5) is 14.5. The van der Waals surface area contributed by atoms with Crippen molar-refractivity contribution in [2.24, 2.45) is 0 Å². The van der Waals surface area contributed by atoms with Gasteiger partial charge in [0.25, 0.3) is 11.8 Å². The topological polar surface area (TPSA) is 78.1 Å². The molecule has 2 aromatic heterocycles. The zero-order chi connectivity index (χ0) is 18.0. The number of alkyl halides is 3. The van der Waals surface area contributed by atoms with Crippen molar-refractivity contribution in [3.8, 4) is 28.8 Å². The molecule has 0 saturated carbocycles. The number of pyridine rings is 1. The van der Waals surface area contributed by atoms with E-state index in [-0.39, 0.29) is 22.9 Å². The molecule has 0 unspecified atom stereocenters. The highest BCUT2D eigenvalue weighted by Gasteiger charge is 2.42. The van der Waals surface area contributed by atoms with E-state index in [0.717, 1.165) is 6.20 Å². The minimum atomic E-state index is -5.19. The van der Waals surface area contributed by atoms with Gasteiger partial charge in [0.05, 0.1) is 5.56 Å². The van der Waals surface area contributed by atoms with E-state index in [9.17, 15) is 22.4 Å². The Morgan fingerprint density at radius 3 is 2.32 bits per heavy atom. The smallest absolute Gasteiger partial charge is 0.416 e. The third-order valence-corrected chi connectivity index (χ3v) is 2.95. The second kappa shape index (κ2) is 6.30. The van der Waals surface area contributed by atoms with Gasteiger partial charge in [-0.2, -0.15) is 13.2 Å². The van der Waals surface area contributed by atoms with Gasteiger partial charge in [0.1, 0.15) is 11.4 Å². The molecule has 128 valence electrons. The number of esters is 1. The lowest BCUT2D eigenvalue weighted by Gasteiger charge is -2.07. The Morgan fingerprint density at radius 2 is 1.64 bits per heavy atom. The number of aromatic nitrogens is 3. The summed E-state index contributed by atoms with van der Waals surface area (Å²) < 4.78 is 60.3. The monoisotopic (exact) mass is 353 g/mol. The van der Waals surface area contributed by atoms with Crippen LogP contribution in [0, 0.1) is 5.82 Å². The van der Waals surface area contributed by atoms with Crippen molar-refractivity contribution in [2.75, 3.05) is 0 Å². The average molecular weight is 353 g/mol. The molecule has 0 aliphatic rings. The molecule has 0 fully saturated rings. The molecule has 0 bridgehead atoms. The van der Waals surface area contributed by atoms with Crippen LogP contribution in [0.15, 0.2) is 47.0 Å². The van der Waals surface area contributed by atoms with Crippen LogP contribution >= 0.6 is 0 Å². The van der Waals surface area contributed by atoms with E-state index in [2.05, 4.69) is 19.9 Å². The first-order valence-corrected chi connectivity index (χ1v) is 6.69. The van der Waals surface area contributed by atoms with Crippen molar-refractivity contribution in [1.82, 2.24) is 15.2 Å². The Hall–Kier alpha value is -3.30. The van der Waals surface area contributed by atoms with Gasteiger partial charge in [-0.15, -0.1) is 10.2 Å². The molecule has 1 aromatic carbocycles. The summed E-state index contributed by atoms with van der Waals surface area (Å²) in [7, 11) is 0. The molecular weight excluding hydrogens is 346 g/mol. The van der Waals surface area contributed by atoms with Crippen LogP contribution in [0.4, 0.5) is 17.6 Å². The lowest BCUT2D eigenvalue weighted by molar-refractivity contribution is -0.189. The van der Waals surface area contributed by atoms with Gasteiger partial charge in [-0.3, -0.25) is 0 Å². The number of carbonyl (C=O) groups is 1. The third kappa shape index (κ3) is 3.47. The first kappa shape index (κ1) is 16.6. The molecule has 0 atom stereocenters. The molecule has 0 N–H and O–H groups in total. The molecule has 0 amide bonds. The van der Waals surface area contributed by atoms with Crippen molar-refractivity contribution in [3.63, 3.8) is 0 Å². The Morgan fingerprint density at radius 1 is 1.00 bits per heavy atom. The molecule has 3 rings (SSSR count). The molecule has 25 heavy (non-hydrogen) atoms. The largest absolute Gasteiger partial charge is 0.491 e. The molecule has 10 heteroatoms. The molecule has 0 aliphatic heterocycles. The maximum absolute atomic E-state index is 13.7. The second-order valence-corrected chi connectivity index (χ2v) is 4.64. The molecule has 0 saturated heterocycles. The number of nitrogens with zero attached hydrogens (tertiary/aromatic N) is 3. The van der Waals surface area contributed by atoms with E-state index in [1.807, 2.05) is 0 Å². The van der Waals surface area contributed by atoms with Crippen LogP contribution in [-0.2, 0) is 4.79 Å². The first-order valence-electron chi connectivity index (χ1n) is 6.69. The highest BCUT2D eigenvalue weighted by molar-refractivity contribution is 5.79. The van der Waals surface area contributed by atoms with Gasteiger partial charge in [0.2, 0.25) is 5.88 Å². The molecule has 0 radical (unpaired) electrons. The molecule has 2 heterocycles. The summed E-state index contributed by atoms with van der Waals surface area (Å²) in [5, 5.41) is 7.28. The minimum absolute atomic E-state index is 0.0129. The van der Waals surface area contributed by atoms with Crippen LogP contribution in [0.3, 0.4) is 0 Å². The number of halogens is 4. The quantitative estimate of drug-likeness (QED) is 0.530. The van der Waals surface area contributed by atoms with E-state index in [4.69, 9.17) is 4.42 Å². The van der Waals surface area contributed by atoms with E-state index in [0.29, 0.717) is 0 Å². The van der Waals surface area contributed by atoms with Gasteiger partial charge in [-0.05, 0) is 24.3 Å².